The second-order valence-electron chi connectivity index (χ2n) is 3.89. The molecule has 2 unspecified atom stereocenters. The van der Waals surface area contributed by atoms with Gasteiger partial charge >= 0.3 is 0 Å². The monoisotopic (exact) mass is 214 g/mol. The number of nitrogens with zero attached hydrogens (tertiary/aromatic N) is 2. The van der Waals surface area contributed by atoms with Gasteiger partial charge in [-0.15, -0.1) is 11.6 Å². The highest BCUT2D eigenvalue weighted by atomic mass is 35.5. The first kappa shape index (κ1) is 9.84. The van der Waals surface area contributed by atoms with Crippen molar-refractivity contribution in [3.8, 4) is 5.88 Å². The van der Waals surface area contributed by atoms with Crippen molar-refractivity contribution in [3.05, 3.63) is 11.3 Å². The van der Waals surface area contributed by atoms with E-state index in [0.717, 1.165) is 17.5 Å². The number of ether oxygens (including phenoxy) is 1. The first-order chi connectivity index (χ1) is 6.69. The van der Waals surface area contributed by atoms with Gasteiger partial charge in [0.05, 0.1) is 12.8 Å². The first-order valence-electron chi connectivity index (χ1n) is 4.82. The number of hydrogen-bond donors (Lipinski definition) is 0. The van der Waals surface area contributed by atoms with E-state index in [0.29, 0.717) is 11.8 Å². The molecule has 1 aromatic rings. The maximum atomic E-state index is 5.83. The molecule has 78 valence electrons. The summed E-state index contributed by atoms with van der Waals surface area (Å²) in [5.74, 6) is 2.81. The highest BCUT2D eigenvalue weighted by molar-refractivity contribution is 6.18. The van der Waals surface area contributed by atoms with Gasteiger partial charge in [-0.3, -0.25) is 0 Å². The minimum atomic E-state index is 0.566. The third-order valence-corrected chi connectivity index (χ3v) is 3.30. The lowest BCUT2D eigenvalue weighted by Gasteiger charge is -2.03. The van der Waals surface area contributed by atoms with Crippen LogP contribution in [0.4, 0.5) is 0 Å². The molecule has 0 bridgehead atoms. The molecule has 1 aromatic heterocycles. The van der Waals surface area contributed by atoms with Gasteiger partial charge in [-0.2, -0.15) is 5.10 Å². The van der Waals surface area contributed by atoms with Crippen molar-refractivity contribution in [1.82, 2.24) is 9.78 Å². The quantitative estimate of drug-likeness (QED) is 0.721. The summed E-state index contributed by atoms with van der Waals surface area (Å²) in [6.07, 6.45) is 1.17. The molecule has 2 atom stereocenters. The SMILES string of the molecule is COc1c(C2CC2CCl)c(C)nn1C. The van der Waals surface area contributed by atoms with Gasteiger partial charge in [-0.05, 0) is 25.2 Å². The van der Waals surface area contributed by atoms with E-state index in [1.54, 1.807) is 11.8 Å². The highest BCUT2D eigenvalue weighted by Gasteiger charge is 2.41. The van der Waals surface area contributed by atoms with E-state index in [9.17, 15) is 0 Å². The van der Waals surface area contributed by atoms with Crippen LogP contribution in [0, 0.1) is 12.8 Å². The maximum absolute atomic E-state index is 5.83. The number of aryl methyl sites for hydroxylation is 2. The van der Waals surface area contributed by atoms with Gasteiger partial charge in [-0.25, -0.2) is 4.68 Å². The van der Waals surface area contributed by atoms with Crippen molar-refractivity contribution in [1.29, 1.82) is 0 Å². The molecule has 1 aliphatic carbocycles. The van der Waals surface area contributed by atoms with Crippen LogP contribution in [-0.4, -0.2) is 22.8 Å². The van der Waals surface area contributed by atoms with E-state index in [1.165, 1.54) is 12.0 Å². The van der Waals surface area contributed by atoms with Gasteiger partial charge < -0.3 is 4.74 Å². The number of rotatable bonds is 3. The molecule has 0 amide bonds. The van der Waals surface area contributed by atoms with Gasteiger partial charge in [-0.1, -0.05) is 0 Å². The lowest BCUT2D eigenvalue weighted by Crippen LogP contribution is -1.96. The van der Waals surface area contributed by atoms with Crippen LogP contribution >= 0.6 is 11.6 Å². The topological polar surface area (TPSA) is 27.1 Å². The van der Waals surface area contributed by atoms with Crippen LogP contribution in [0.3, 0.4) is 0 Å². The molecule has 1 fully saturated rings. The molecule has 1 heterocycles. The molecule has 14 heavy (non-hydrogen) atoms. The van der Waals surface area contributed by atoms with Crippen LogP contribution in [-0.2, 0) is 7.05 Å². The van der Waals surface area contributed by atoms with Gasteiger partial charge in [0.2, 0.25) is 5.88 Å². The largest absolute Gasteiger partial charge is 0.481 e. The molecule has 0 saturated heterocycles. The van der Waals surface area contributed by atoms with Crippen LogP contribution in [0.2, 0.25) is 0 Å². The van der Waals surface area contributed by atoms with E-state index < -0.39 is 0 Å². The Morgan fingerprint density at radius 2 is 2.36 bits per heavy atom. The average Bonchev–Trinajstić information content (AvgIpc) is 2.86. The third kappa shape index (κ3) is 1.40. The summed E-state index contributed by atoms with van der Waals surface area (Å²) in [6.45, 7) is 2.03. The summed E-state index contributed by atoms with van der Waals surface area (Å²) in [5, 5.41) is 4.36. The van der Waals surface area contributed by atoms with E-state index >= 15 is 0 Å². The van der Waals surface area contributed by atoms with Crippen LogP contribution in [0.1, 0.15) is 23.6 Å². The molecular formula is C10H15ClN2O. The summed E-state index contributed by atoms with van der Waals surface area (Å²) >= 11 is 5.83. The third-order valence-electron chi connectivity index (χ3n) is 2.90. The Kier molecular flexibility index (Phi) is 2.43. The summed E-state index contributed by atoms with van der Waals surface area (Å²) in [4.78, 5) is 0. The van der Waals surface area contributed by atoms with Gasteiger partial charge in [0, 0.05) is 18.5 Å². The fraction of sp³-hybridized carbons (Fsp3) is 0.700. The van der Waals surface area contributed by atoms with Crippen molar-refractivity contribution < 1.29 is 4.74 Å². The molecule has 0 N–H and O–H groups in total. The molecule has 1 aliphatic rings. The predicted molar refractivity (Wildman–Crippen MR) is 56.1 cm³/mol. The molecule has 0 aromatic carbocycles. The van der Waals surface area contributed by atoms with E-state index in [2.05, 4.69) is 5.10 Å². The smallest absolute Gasteiger partial charge is 0.215 e. The number of alkyl halides is 1. The molecule has 3 nitrogen and oxygen atoms in total. The second-order valence-corrected chi connectivity index (χ2v) is 4.20. The first-order valence-corrected chi connectivity index (χ1v) is 5.36. The van der Waals surface area contributed by atoms with Crippen molar-refractivity contribution in [2.45, 2.75) is 19.3 Å². The lowest BCUT2D eigenvalue weighted by atomic mass is 10.1. The van der Waals surface area contributed by atoms with Crippen LogP contribution in [0.5, 0.6) is 5.88 Å². The zero-order valence-corrected chi connectivity index (χ0v) is 9.51. The summed E-state index contributed by atoms with van der Waals surface area (Å²) in [7, 11) is 3.60. The van der Waals surface area contributed by atoms with E-state index in [-0.39, 0.29) is 0 Å². The number of hydrogen-bond acceptors (Lipinski definition) is 2. The van der Waals surface area contributed by atoms with Crippen LogP contribution in [0.25, 0.3) is 0 Å². The number of aromatic nitrogens is 2. The summed E-state index contributed by atoms with van der Waals surface area (Å²) < 4.78 is 7.15. The molecular weight excluding hydrogens is 200 g/mol. The maximum Gasteiger partial charge on any atom is 0.215 e. The minimum absolute atomic E-state index is 0.566. The highest BCUT2D eigenvalue weighted by Crippen LogP contribution is 2.51. The second kappa shape index (κ2) is 3.46. The predicted octanol–water partition coefficient (Wildman–Crippen LogP) is 2.08. The Hall–Kier alpha value is -0.700. The van der Waals surface area contributed by atoms with Crippen molar-refractivity contribution in [3.63, 3.8) is 0 Å². The Balaban J connectivity index is 2.32. The Bertz CT molecular complexity index is 348. The van der Waals surface area contributed by atoms with Crippen LogP contribution < -0.4 is 4.74 Å². The fourth-order valence-electron chi connectivity index (χ4n) is 2.09. The lowest BCUT2D eigenvalue weighted by molar-refractivity contribution is 0.369. The number of methoxy groups -OCH3 is 1. The Labute approximate surface area is 89.0 Å². The Morgan fingerprint density at radius 3 is 2.86 bits per heavy atom. The fourth-order valence-corrected chi connectivity index (χ4v) is 2.44. The van der Waals surface area contributed by atoms with Crippen molar-refractivity contribution in [2.24, 2.45) is 13.0 Å². The molecule has 0 aliphatic heterocycles. The van der Waals surface area contributed by atoms with E-state index in [4.69, 9.17) is 16.3 Å². The zero-order chi connectivity index (χ0) is 10.3. The molecule has 0 spiro atoms. The zero-order valence-electron chi connectivity index (χ0n) is 8.75. The summed E-state index contributed by atoms with van der Waals surface area (Å²) in [5.41, 5.74) is 2.32. The molecule has 1 saturated carbocycles. The summed E-state index contributed by atoms with van der Waals surface area (Å²) in [6, 6.07) is 0. The van der Waals surface area contributed by atoms with Gasteiger partial charge in [0.15, 0.2) is 0 Å². The molecule has 4 heteroatoms. The average molecular weight is 215 g/mol. The molecule has 2 rings (SSSR count). The van der Waals surface area contributed by atoms with Gasteiger partial charge in [0.1, 0.15) is 0 Å². The van der Waals surface area contributed by atoms with Crippen molar-refractivity contribution >= 4 is 11.6 Å². The Morgan fingerprint density at radius 1 is 1.64 bits per heavy atom. The van der Waals surface area contributed by atoms with Crippen molar-refractivity contribution in [2.75, 3.05) is 13.0 Å². The van der Waals surface area contributed by atoms with Crippen LogP contribution in [0.15, 0.2) is 0 Å². The molecule has 0 radical (unpaired) electrons. The minimum Gasteiger partial charge on any atom is -0.481 e. The van der Waals surface area contributed by atoms with E-state index in [1.807, 2.05) is 14.0 Å². The standard InChI is InChI=1S/C10H15ClN2O/c1-6-9(8-4-7(8)5-11)10(14-3)13(2)12-6/h7-8H,4-5H2,1-3H3. The normalized spacial score (nSPS) is 25.1. The number of halogens is 1. The van der Waals surface area contributed by atoms with Gasteiger partial charge in [0.25, 0.3) is 0 Å².